The molecule has 0 spiro atoms. The Balaban J connectivity index is 0. The van der Waals surface area contributed by atoms with Crippen molar-refractivity contribution < 1.29 is 14.7 Å². The van der Waals surface area contributed by atoms with Gasteiger partial charge < -0.3 is 24.9 Å². The largest absolute Gasteiger partial charge is 0.391 e. The van der Waals surface area contributed by atoms with Gasteiger partial charge in [0.1, 0.15) is 6.54 Å². The van der Waals surface area contributed by atoms with Crippen molar-refractivity contribution in [2.45, 2.75) is 110 Å². The van der Waals surface area contributed by atoms with Gasteiger partial charge in [-0.3, -0.25) is 0 Å². The molecule has 0 aromatic carbocycles. The minimum absolute atomic E-state index is 0.311. The number of quaternary nitrogens is 1. The molecule has 6 nitrogen and oxygen atoms in total. The van der Waals surface area contributed by atoms with E-state index in [9.17, 15) is 0 Å². The Hall–Kier alpha value is -0.880. The molecule has 0 fully saturated rings. The topological polar surface area (TPSA) is 86.4 Å². The van der Waals surface area contributed by atoms with Crippen LogP contribution >= 0.6 is 0 Å². The summed E-state index contributed by atoms with van der Waals surface area (Å²) in [6, 6.07) is 0. The molecule has 6 heteroatoms. The first-order valence-electron chi connectivity index (χ1n) is 11.6. The molecule has 28 heavy (non-hydrogen) atoms. The van der Waals surface area contributed by atoms with E-state index in [0.29, 0.717) is 6.61 Å². The molecular formula is C22H48N2O4. The third kappa shape index (κ3) is 29.9. The number of aliphatic hydroxyl groups is 1. The first kappa shape index (κ1) is 29.3. The predicted octanol–water partition coefficient (Wildman–Crippen LogP) is 6.08. The van der Waals surface area contributed by atoms with E-state index in [0.717, 1.165) is 11.0 Å². The molecule has 0 unspecified atom stereocenters. The van der Waals surface area contributed by atoms with E-state index in [-0.39, 0.29) is 0 Å². The quantitative estimate of drug-likeness (QED) is 0.122. The van der Waals surface area contributed by atoms with Crippen molar-refractivity contribution in [2.24, 2.45) is 0 Å². The monoisotopic (exact) mass is 404 g/mol. The molecule has 0 saturated heterocycles. The smallest absolute Gasteiger partial charge is 0.102 e. The van der Waals surface area contributed by atoms with Crippen LogP contribution in [-0.4, -0.2) is 48.5 Å². The normalized spacial score (nSPS) is 11.1. The molecule has 0 aliphatic heterocycles. The molecule has 0 rings (SSSR count). The van der Waals surface area contributed by atoms with Gasteiger partial charge in [0.15, 0.2) is 0 Å². The Morgan fingerprint density at radius 3 is 1.21 bits per heavy atom. The van der Waals surface area contributed by atoms with E-state index >= 15 is 0 Å². The second-order valence-electron chi connectivity index (χ2n) is 8.63. The lowest BCUT2D eigenvalue weighted by Gasteiger charge is -2.28. The standard InChI is InChI=1S/C22H48NO.NO3/c1-4-5-6-7-8-9-10-11-12-13-14-15-16-17-18-19-20-23(2,3)21-22-24;2-1(3)4/h24H,4-22H2,1-3H3;/q+1;-1. The highest BCUT2D eigenvalue weighted by Gasteiger charge is 2.12. The molecule has 0 heterocycles. The van der Waals surface area contributed by atoms with Crippen LogP contribution in [0.1, 0.15) is 110 Å². The summed E-state index contributed by atoms with van der Waals surface area (Å²) in [5, 5.41) is 23.8. The fraction of sp³-hybridized carbons (Fsp3) is 1.00. The average Bonchev–Trinajstić information content (AvgIpc) is 2.61. The summed E-state index contributed by atoms with van der Waals surface area (Å²) in [5.41, 5.74) is 0. The van der Waals surface area contributed by atoms with Gasteiger partial charge in [0.2, 0.25) is 0 Å². The zero-order valence-electron chi connectivity index (χ0n) is 19.0. The van der Waals surface area contributed by atoms with Crippen molar-refractivity contribution in [1.29, 1.82) is 0 Å². The molecule has 0 aliphatic rings. The SMILES string of the molecule is CCCCCCCCCCCCCCCCCC[N+](C)(C)CCO.O=[N+]([O-])[O-]. The fourth-order valence-corrected chi connectivity index (χ4v) is 3.47. The predicted molar refractivity (Wildman–Crippen MR) is 119 cm³/mol. The van der Waals surface area contributed by atoms with Crippen LogP contribution in [0.5, 0.6) is 0 Å². The molecule has 170 valence electrons. The number of unbranched alkanes of at least 4 members (excludes halogenated alkanes) is 15. The zero-order valence-corrected chi connectivity index (χ0v) is 19.0. The van der Waals surface area contributed by atoms with E-state index in [1.54, 1.807) is 0 Å². The molecule has 0 saturated carbocycles. The maximum atomic E-state index is 9.02. The van der Waals surface area contributed by atoms with Crippen LogP contribution in [0, 0.1) is 15.3 Å². The summed E-state index contributed by atoms with van der Waals surface area (Å²) in [5.74, 6) is 0. The summed E-state index contributed by atoms with van der Waals surface area (Å²) in [6.45, 7) is 4.70. The number of hydrogen-bond acceptors (Lipinski definition) is 4. The Morgan fingerprint density at radius 1 is 0.643 bits per heavy atom. The molecule has 0 aromatic heterocycles. The van der Waals surface area contributed by atoms with Gasteiger partial charge >= 0.3 is 0 Å². The Kier molecular flexibility index (Phi) is 23.5. The minimum Gasteiger partial charge on any atom is -0.391 e. The van der Waals surface area contributed by atoms with E-state index < -0.39 is 5.09 Å². The average molecular weight is 405 g/mol. The number of nitrogens with zero attached hydrogens (tertiary/aromatic N) is 2. The molecule has 0 aliphatic carbocycles. The Labute approximate surface area is 174 Å². The summed E-state index contributed by atoms with van der Waals surface area (Å²) in [7, 11) is 4.45. The summed E-state index contributed by atoms with van der Waals surface area (Å²) >= 11 is 0. The first-order valence-corrected chi connectivity index (χ1v) is 11.6. The maximum absolute atomic E-state index is 9.02. The van der Waals surface area contributed by atoms with Crippen molar-refractivity contribution in [3.05, 3.63) is 15.3 Å². The van der Waals surface area contributed by atoms with E-state index in [2.05, 4.69) is 21.0 Å². The highest BCUT2D eigenvalue weighted by atomic mass is 16.9. The van der Waals surface area contributed by atoms with Crippen molar-refractivity contribution in [1.82, 2.24) is 0 Å². The number of likely N-dealkylation sites (N-methyl/N-ethyl adjacent to an activating group) is 1. The number of rotatable bonds is 19. The highest BCUT2D eigenvalue weighted by Crippen LogP contribution is 2.14. The van der Waals surface area contributed by atoms with Gasteiger partial charge in [0, 0.05) is 0 Å². The van der Waals surface area contributed by atoms with E-state index in [4.69, 9.17) is 20.4 Å². The molecule has 1 N–H and O–H groups in total. The molecule has 0 atom stereocenters. The van der Waals surface area contributed by atoms with Crippen LogP contribution in [0.3, 0.4) is 0 Å². The van der Waals surface area contributed by atoms with Gasteiger partial charge in [0.05, 0.1) is 32.3 Å². The second-order valence-corrected chi connectivity index (χ2v) is 8.63. The van der Waals surface area contributed by atoms with Crippen molar-refractivity contribution in [2.75, 3.05) is 33.8 Å². The third-order valence-corrected chi connectivity index (χ3v) is 5.32. The van der Waals surface area contributed by atoms with Crippen LogP contribution in [0.25, 0.3) is 0 Å². The lowest BCUT2D eigenvalue weighted by Crippen LogP contribution is -2.42. The Morgan fingerprint density at radius 2 is 0.929 bits per heavy atom. The molecule has 0 bridgehead atoms. The van der Waals surface area contributed by atoms with Crippen LogP contribution in [0.4, 0.5) is 0 Å². The van der Waals surface area contributed by atoms with Crippen molar-refractivity contribution in [3.63, 3.8) is 0 Å². The van der Waals surface area contributed by atoms with Gasteiger partial charge in [-0.15, -0.1) is 0 Å². The second kappa shape index (κ2) is 22.4. The first-order chi connectivity index (χ1) is 13.4. The Bertz CT molecular complexity index is 322. The highest BCUT2D eigenvalue weighted by molar-refractivity contribution is 4.50. The molecular weight excluding hydrogens is 356 g/mol. The number of aliphatic hydroxyl groups excluding tert-OH is 1. The van der Waals surface area contributed by atoms with Crippen molar-refractivity contribution >= 4 is 0 Å². The van der Waals surface area contributed by atoms with Gasteiger partial charge in [-0.05, 0) is 12.8 Å². The third-order valence-electron chi connectivity index (χ3n) is 5.32. The molecule has 0 aromatic rings. The van der Waals surface area contributed by atoms with Gasteiger partial charge in [-0.1, -0.05) is 96.8 Å². The summed E-state index contributed by atoms with van der Waals surface area (Å²) in [6.07, 6.45) is 22.9. The van der Waals surface area contributed by atoms with E-state index in [1.807, 2.05) is 0 Å². The fourth-order valence-electron chi connectivity index (χ4n) is 3.47. The van der Waals surface area contributed by atoms with E-state index in [1.165, 1.54) is 109 Å². The number of hydrogen-bond donors (Lipinski definition) is 1. The minimum atomic E-state index is -1.75. The summed E-state index contributed by atoms with van der Waals surface area (Å²) in [4.78, 5) is 8.25. The lowest BCUT2D eigenvalue weighted by atomic mass is 10.0. The van der Waals surface area contributed by atoms with Crippen LogP contribution in [-0.2, 0) is 0 Å². The van der Waals surface area contributed by atoms with Crippen LogP contribution in [0.15, 0.2) is 0 Å². The molecule has 0 amide bonds. The van der Waals surface area contributed by atoms with Gasteiger partial charge in [-0.2, -0.15) is 0 Å². The maximum Gasteiger partial charge on any atom is 0.102 e. The van der Waals surface area contributed by atoms with Gasteiger partial charge in [0.25, 0.3) is 0 Å². The van der Waals surface area contributed by atoms with Crippen LogP contribution in [0.2, 0.25) is 0 Å². The lowest BCUT2D eigenvalue weighted by molar-refractivity contribution is -0.890. The van der Waals surface area contributed by atoms with Gasteiger partial charge in [-0.25, -0.2) is 0 Å². The summed E-state index contributed by atoms with van der Waals surface area (Å²) < 4.78 is 0.967. The van der Waals surface area contributed by atoms with Crippen LogP contribution < -0.4 is 0 Å². The molecule has 0 radical (unpaired) electrons. The van der Waals surface area contributed by atoms with Crippen molar-refractivity contribution in [3.8, 4) is 0 Å². The zero-order chi connectivity index (χ0) is 21.5.